The van der Waals surface area contributed by atoms with E-state index in [0.29, 0.717) is 43.1 Å². The smallest absolute Gasteiger partial charge is 0.319 e. The van der Waals surface area contributed by atoms with E-state index in [1.165, 1.54) is 0 Å². The molecule has 0 aromatic heterocycles. The summed E-state index contributed by atoms with van der Waals surface area (Å²) in [6.07, 6.45) is 3.29. The van der Waals surface area contributed by atoms with E-state index in [-0.39, 0.29) is 48.6 Å². The molecule has 11 nitrogen and oxygen atoms in total. The molecule has 2 rings (SSSR count). The standard InChI is InChI=1S/C32H55N5O6/c1-22(2)33-32(41)34-26-14-15-28-27(18-26)31(40)37(24(4)21-38)19-23(3)29(42-17-10-9-12-25(5)43-28)20-36(8)30(39)13-11-16-35(6)7/h14-15,18,22-25,29,38H,9-13,16-17,19-21H2,1-8H3,(H2,33,34,41)/t23-,24-,25-,29+/m1/s1. The first-order chi connectivity index (χ1) is 20.3. The Balaban J connectivity index is 2.38. The molecular weight excluding hydrogens is 550 g/mol. The molecule has 0 saturated heterocycles. The maximum absolute atomic E-state index is 14.2. The van der Waals surface area contributed by atoms with Crippen molar-refractivity contribution in [3.05, 3.63) is 23.8 Å². The third kappa shape index (κ3) is 12.3. The molecule has 43 heavy (non-hydrogen) atoms. The van der Waals surface area contributed by atoms with Crippen LogP contribution in [0.15, 0.2) is 18.2 Å². The highest BCUT2D eigenvalue weighted by atomic mass is 16.5. The summed E-state index contributed by atoms with van der Waals surface area (Å²) >= 11 is 0. The molecule has 1 heterocycles. The van der Waals surface area contributed by atoms with Crippen LogP contribution in [0.25, 0.3) is 0 Å². The summed E-state index contributed by atoms with van der Waals surface area (Å²) in [5.74, 6) is 0.0462. The Morgan fingerprint density at radius 1 is 1.14 bits per heavy atom. The lowest BCUT2D eigenvalue weighted by atomic mass is 10.0. The number of ether oxygens (including phenoxy) is 2. The average molecular weight is 606 g/mol. The molecule has 3 N–H and O–H groups in total. The Morgan fingerprint density at radius 2 is 1.86 bits per heavy atom. The molecule has 0 unspecified atom stereocenters. The highest BCUT2D eigenvalue weighted by Gasteiger charge is 2.31. The molecule has 0 spiro atoms. The number of amides is 4. The van der Waals surface area contributed by atoms with Crippen LogP contribution in [0.3, 0.4) is 0 Å². The van der Waals surface area contributed by atoms with Crippen molar-refractivity contribution in [2.24, 2.45) is 5.92 Å². The van der Waals surface area contributed by atoms with E-state index in [1.54, 1.807) is 42.0 Å². The van der Waals surface area contributed by atoms with Gasteiger partial charge in [-0.15, -0.1) is 0 Å². The minimum atomic E-state index is -0.486. The molecule has 1 aliphatic rings. The van der Waals surface area contributed by atoms with Crippen LogP contribution in [0, 0.1) is 5.92 Å². The monoisotopic (exact) mass is 605 g/mol. The number of fused-ring (bicyclic) bond motifs is 1. The van der Waals surface area contributed by atoms with E-state index in [2.05, 4.69) is 15.5 Å². The molecule has 0 bridgehead atoms. The van der Waals surface area contributed by atoms with Crippen LogP contribution in [-0.2, 0) is 9.53 Å². The van der Waals surface area contributed by atoms with Crippen molar-refractivity contribution in [2.75, 3.05) is 59.3 Å². The minimum Gasteiger partial charge on any atom is -0.490 e. The molecule has 4 amide bonds. The van der Waals surface area contributed by atoms with E-state index in [0.717, 1.165) is 32.2 Å². The van der Waals surface area contributed by atoms with Gasteiger partial charge in [0.05, 0.1) is 30.4 Å². The number of aliphatic hydroxyl groups is 1. The Bertz CT molecular complexity index is 1040. The number of hydrogen-bond acceptors (Lipinski definition) is 7. The van der Waals surface area contributed by atoms with Crippen molar-refractivity contribution in [2.45, 2.75) is 91.0 Å². The predicted molar refractivity (Wildman–Crippen MR) is 170 cm³/mol. The number of rotatable bonds is 10. The van der Waals surface area contributed by atoms with Crippen molar-refractivity contribution in [3.63, 3.8) is 0 Å². The van der Waals surface area contributed by atoms with Crippen LogP contribution in [0.4, 0.5) is 10.5 Å². The van der Waals surface area contributed by atoms with E-state index in [4.69, 9.17) is 9.47 Å². The quantitative estimate of drug-likeness (QED) is 0.371. The molecule has 11 heteroatoms. The van der Waals surface area contributed by atoms with Crippen molar-refractivity contribution in [1.29, 1.82) is 0 Å². The summed E-state index contributed by atoms with van der Waals surface area (Å²) in [5, 5.41) is 15.7. The average Bonchev–Trinajstić information content (AvgIpc) is 2.93. The summed E-state index contributed by atoms with van der Waals surface area (Å²) < 4.78 is 12.6. The van der Waals surface area contributed by atoms with Gasteiger partial charge in [0.25, 0.3) is 5.91 Å². The molecule has 4 atom stereocenters. The van der Waals surface area contributed by atoms with Crippen molar-refractivity contribution >= 4 is 23.5 Å². The Labute approximate surface area is 258 Å². The molecule has 1 aromatic carbocycles. The Kier molecular flexibility index (Phi) is 15.2. The van der Waals surface area contributed by atoms with Crippen molar-refractivity contribution < 1.29 is 29.0 Å². The fraction of sp³-hybridized carbons (Fsp3) is 0.719. The third-order valence-corrected chi connectivity index (χ3v) is 7.60. The first-order valence-corrected chi connectivity index (χ1v) is 15.6. The van der Waals surface area contributed by atoms with Crippen molar-refractivity contribution in [3.8, 4) is 5.75 Å². The number of nitrogens with one attached hydrogen (secondary N) is 2. The van der Waals surface area contributed by atoms with Crippen LogP contribution in [0.1, 0.15) is 77.1 Å². The van der Waals surface area contributed by atoms with Gasteiger partial charge in [-0.2, -0.15) is 0 Å². The molecule has 1 aromatic rings. The molecule has 1 aliphatic heterocycles. The first-order valence-electron chi connectivity index (χ1n) is 15.6. The summed E-state index contributed by atoms with van der Waals surface area (Å²) in [6.45, 7) is 11.4. The summed E-state index contributed by atoms with van der Waals surface area (Å²) in [6, 6.07) is 4.17. The normalized spacial score (nSPS) is 21.0. The third-order valence-electron chi connectivity index (χ3n) is 7.60. The fourth-order valence-corrected chi connectivity index (χ4v) is 5.00. The molecular formula is C32H55N5O6. The van der Waals surface area contributed by atoms with Gasteiger partial charge in [0.15, 0.2) is 0 Å². The summed E-state index contributed by atoms with van der Waals surface area (Å²) in [4.78, 5) is 44.9. The van der Waals surface area contributed by atoms with Gasteiger partial charge in [0.2, 0.25) is 5.91 Å². The lowest BCUT2D eigenvalue weighted by Gasteiger charge is -2.36. The van der Waals surface area contributed by atoms with Crippen LogP contribution < -0.4 is 15.4 Å². The van der Waals surface area contributed by atoms with Gasteiger partial charge in [-0.3, -0.25) is 9.59 Å². The maximum atomic E-state index is 14.2. The van der Waals surface area contributed by atoms with E-state index in [9.17, 15) is 19.5 Å². The number of hydrogen-bond donors (Lipinski definition) is 3. The fourth-order valence-electron chi connectivity index (χ4n) is 5.00. The molecule has 0 fully saturated rings. The molecule has 0 aliphatic carbocycles. The van der Waals surface area contributed by atoms with E-state index >= 15 is 0 Å². The van der Waals surface area contributed by atoms with Crippen LogP contribution in [0.2, 0.25) is 0 Å². The lowest BCUT2D eigenvalue weighted by molar-refractivity contribution is -0.132. The van der Waals surface area contributed by atoms with Gasteiger partial charge in [-0.1, -0.05) is 6.92 Å². The second kappa shape index (κ2) is 18.0. The van der Waals surface area contributed by atoms with E-state index in [1.807, 2.05) is 41.8 Å². The zero-order chi connectivity index (χ0) is 32.1. The second-order valence-electron chi connectivity index (χ2n) is 12.4. The number of carbonyl (C=O) groups is 3. The Hall–Kier alpha value is -2.89. The first kappa shape index (κ1) is 36.3. The van der Waals surface area contributed by atoms with Gasteiger partial charge in [-0.05, 0) is 92.2 Å². The van der Waals surface area contributed by atoms with Gasteiger partial charge >= 0.3 is 6.03 Å². The number of urea groups is 1. The number of carbonyl (C=O) groups excluding carboxylic acids is 3. The van der Waals surface area contributed by atoms with Gasteiger partial charge in [0.1, 0.15) is 5.75 Å². The van der Waals surface area contributed by atoms with E-state index < -0.39 is 6.04 Å². The topological polar surface area (TPSA) is 124 Å². The lowest BCUT2D eigenvalue weighted by Crippen LogP contribution is -2.48. The summed E-state index contributed by atoms with van der Waals surface area (Å²) in [5.41, 5.74) is 0.771. The van der Waals surface area contributed by atoms with Gasteiger partial charge in [-0.25, -0.2) is 4.79 Å². The molecule has 0 radical (unpaired) electrons. The second-order valence-corrected chi connectivity index (χ2v) is 12.4. The largest absolute Gasteiger partial charge is 0.490 e. The predicted octanol–water partition coefficient (Wildman–Crippen LogP) is 3.81. The van der Waals surface area contributed by atoms with Gasteiger partial charge in [0, 0.05) is 50.8 Å². The molecule has 0 saturated carbocycles. The maximum Gasteiger partial charge on any atom is 0.319 e. The summed E-state index contributed by atoms with van der Waals surface area (Å²) in [7, 11) is 5.79. The minimum absolute atomic E-state index is 0.0481. The number of likely N-dealkylation sites (N-methyl/N-ethyl adjacent to an activating group) is 1. The van der Waals surface area contributed by atoms with Crippen molar-refractivity contribution in [1.82, 2.24) is 20.0 Å². The number of aliphatic hydroxyl groups excluding tert-OH is 1. The van der Waals surface area contributed by atoms with Crippen LogP contribution >= 0.6 is 0 Å². The highest BCUT2D eigenvalue weighted by molar-refractivity contribution is 5.99. The number of nitrogens with zero attached hydrogens (tertiary/aromatic N) is 3. The zero-order valence-electron chi connectivity index (χ0n) is 27.5. The van der Waals surface area contributed by atoms with Crippen LogP contribution in [-0.4, -0.2) is 116 Å². The number of benzene rings is 1. The molecule has 244 valence electrons. The Morgan fingerprint density at radius 3 is 2.51 bits per heavy atom. The highest BCUT2D eigenvalue weighted by Crippen LogP contribution is 2.28. The zero-order valence-corrected chi connectivity index (χ0v) is 27.5. The van der Waals surface area contributed by atoms with Gasteiger partial charge < -0.3 is 39.9 Å². The SMILES string of the molecule is CC(C)NC(=O)Nc1ccc2c(c1)C(=O)N([C@H](C)CO)C[C@@H](C)[C@H](CN(C)C(=O)CCCN(C)C)OCCCC[C@@H](C)O2. The number of anilines is 1. The van der Waals surface area contributed by atoms with Crippen LogP contribution in [0.5, 0.6) is 5.75 Å².